The molecule has 1 heterocycles. The molecule has 2 rings (SSSR count). The van der Waals surface area contributed by atoms with Gasteiger partial charge in [-0.15, -0.1) is 0 Å². The van der Waals surface area contributed by atoms with E-state index in [2.05, 4.69) is 5.32 Å². The number of hydrogen-bond donors (Lipinski definition) is 2. The van der Waals surface area contributed by atoms with E-state index in [9.17, 15) is 9.90 Å². The van der Waals surface area contributed by atoms with Gasteiger partial charge in [0.2, 0.25) is 0 Å². The third-order valence-corrected chi connectivity index (χ3v) is 3.68. The van der Waals surface area contributed by atoms with Gasteiger partial charge in [0.05, 0.1) is 17.9 Å². The highest BCUT2D eigenvalue weighted by Gasteiger charge is 2.20. The third kappa shape index (κ3) is 3.13. The zero-order valence-corrected chi connectivity index (χ0v) is 10.8. The molecule has 0 atom stereocenters. The number of carbonyl (C=O) groups is 1. The average molecular weight is 251 g/mol. The van der Waals surface area contributed by atoms with Gasteiger partial charge in [0.25, 0.3) is 5.91 Å². The summed E-state index contributed by atoms with van der Waals surface area (Å²) in [5, 5.41) is 12.4. The van der Waals surface area contributed by atoms with E-state index in [-0.39, 0.29) is 12.0 Å². The molecular weight excluding hydrogens is 230 g/mol. The minimum Gasteiger partial charge on any atom is -0.469 e. The zero-order valence-electron chi connectivity index (χ0n) is 10.8. The highest BCUT2D eigenvalue weighted by Crippen LogP contribution is 2.23. The summed E-state index contributed by atoms with van der Waals surface area (Å²) in [5.41, 5.74) is 0.647. The van der Waals surface area contributed by atoms with Crippen molar-refractivity contribution in [1.82, 2.24) is 5.32 Å². The molecule has 4 nitrogen and oxygen atoms in total. The van der Waals surface area contributed by atoms with Crippen LogP contribution in [0.2, 0.25) is 0 Å². The second-order valence-corrected chi connectivity index (χ2v) is 5.00. The minimum absolute atomic E-state index is 0.0493. The molecule has 100 valence electrons. The molecule has 0 unspecified atom stereocenters. The van der Waals surface area contributed by atoms with Crippen LogP contribution in [0.15, 0.2) is 16.7 Å². The molecule has 0 saturated heterocycles. The van der Waals surface area contributed by atoms with Crippen molar-refractivity contribution >= 4 is 5.91 Å². The Labute approximate surface area is 107 Å². The Bertz CT molecular complexity index is 391. The lowest BCUT2D eigenvalue weighted by Gasteiger charge is -2.25. The Hall–Kier alpha value is -1.29. The van der Waals surface area contributed by atoms with Crippen LogP contribution < -0.4 is 5.32 Å². The SMILES string of the molecule is CCc1occc1C(=O)NCC1CCC(O)CC1. The summed E-state index contributed by atoms with van der Waals surface area (Å²) in [6.45, 7) is 2.66. The lowest BCUT2D eigenvalue weighted by molar-refractivity contribution is 0.0908. The first-order valence-corrected chi connectivity index (χ1v) is 6.73. The van der Waals surface area contributed by atoms with E-state index in [1.807, 2.05) is 6.92 Å². The zero-order chi connectivity index (χ0) is 13.0. The largest absolute Gasteiger partial charge is 0.469 e. The monoisotopic (exact) mass is 251 g/mol. The van der Waals surface area contributed by atoms with Gasteiger partial charge in [0.1, 0.15) is 5.76 Å². The number of rotatable bonds is 4. The van der Waals surface area contributed by atoms with Crippen LogP contribution in [0.1, 0.15) is 48.7 Å². The Morgan fingerprint density at radius 3 is 2.83 bits per heavy atom. The maximum absolute atomic E-state index is 12.0. The molecule has 1 saturated carbocycles. The second kappa shape index (κ2) is 6.05. The van der Waals surface area contributed by atoms with Crippen LogP contribution in [-0.4, -0.2) is 23.7 Å². The van der Waals surface area contributed by atoms with Crippen molar-refractivity contribution in [2.24, 2.45) is 5.92 Å². The molecule has 0 aliphatic heterocycles. The van der Waals surface area contributed by atoms with Crippen LogP contribution in [0.4, 0.5) is 0 Å². The molecular formula is C14H21NO3. The number of aliphatic hydroxyl groups excluding tert-OH is 1. The lowest BCUT2D eigenvalue weighted by Crippen LogP contribution is -2.32. The maximum Gasteiger partial charge on any atom is 0.254 e. The van der Waals surface area contributed by atoms with Gasteiger partial charge in [-0.3, -0.25) is 4.79 Å². The van der Waals surface area contributed by atoms with Gasteiger partial charge in [-0.1, -0.05) is 6.92 Å². The van der Waals surface area contributed by atoms with Crippen LogP contribution in [0.5, 0.6) is 0 Å². The molecule has 1 amide bonds. The smallest absolute Gasteiger partial charge is 0.254 e. The van der Waals surface area contributed by atoms with Crippen LogP contribution in [0, 0.1) is 5.92 Å². The fourth-order valence-electron chi connectivity index (χ4n) is 2.50. The Morgan fingerprint density at radius 1 is 1.44 bits per heavy atom. The van der Waals surface area contributed by atoms with E-state index in [4.69, 9.17) is 4.42 Å². The summed E-state index contributed by atoms with van der Waals surface area (Å²) in [6, 6.07) is 1.72. The second-order valence-electron chi connectivity index (χ2n) is 5.00. The predicted molar refractivity (Wildman–Crippen MR) is 68.4 cm³/mol. The topological polar surface area (TPSA) is 62.5 Å². The fraction of sp³-hybridized carbons (Fsp3) is 0.643. The summed E-state index contributed by atoms with van der Waals surface area (Å²) in [7, 11) is 0. The molecule has 18 heavy (non-hydrogen) atoms. The summed E-state index contributed by atoms with van der Waals surface area (Å²) in [4.78, 5) is 12.0. The fourth-order valence-corrected chi connectivity index (χ4v) is 2.50. The number of hydrogen-bond acceptors (Lipinski definition) is 3. The van der Waals surface area contributed by atoms with Crippen molar-refractivity contribution in [2.75, 3.05) is 6.54 Å². The molecule has 1 aliphatic carbocycles. The number of nitrogens with one attached hydrogen (secondary N) is 1. The predicted octanol–water partition coefficient (Wildman–Crippen LogP) is 2.12. The molecule has 0 radical (unpaired) electrons. The minimum atomic E-state index is -0.141. The molecule has 0 bridgehead atoms. The van der Waals surface area contributed by atoms with E-state index in [0.29, 0.717) is 18.0 Å². The number of aliphatic hydroxyl groups is 1. The van der Waals surface area contributed by atoms with E-state index < -0.39 is 0 Å². The number of aryl methyl sites for hydroxylation is 1. The number of furan rings is 1. The van der Waals surface area contributed by atoms with Crippen LogP contribution in [0.3, 0.4) is 0 Å². The van der Waals surface area contributed by atoms with Gasteiger partial charge in [0.15, 0.2) is 0 Å². The maximum atomic E-state index is 12.0. The highest BCUT2D eigenvalue weighted by molar-refractivity contribution is 5.95. The normalized spacial score (nSPS) is 23.9. The van der Waals surface area contributed by atoms with Crippen molar-refractivity contribution < 1.29 is 14.3 Å². The first-order valence-electron chi connectivity index (χ1n) is 6.73. The number of carbonyl (C=O) groups excluding carboxylic acids is 1. The molecule has 1 fully saturated rings. The average Bonchev–Trinajstić information content (AvgIpc) is 2.86. The van der Waals surface area contributed by atoms with Gasteiger partial charge in [-0.05, 0) is 37.7 Å². The summed E-state index contributed by atoms with van der Waals surface area (Å²) >= 11 is 0. The van der Waals surface area contributed by atoms with E-state index in [0.717, 1.165) is 37.9 Å². The molecule has 0 spiro atoms. The van der Waals surface area contributed by atoms with Crippen molar-refractivity contribution in [2.45, 2.75) is 45.1 Å². The molecule has 0 aromatic carbocycles. The molecule has 4 heteroatoms. The van der Waals surface area contributed by atoms with Gasteiger partial charge < -0.3 is 14.8 Å². The molecule has 2 N–H and O–H groups in total. The van der Waals surface area contributed by atoms with Crippen LogP contribution >= 0.6 is 0 Å². The van der Waals surface area contributed by atoms with Crippen molar-refractivity contribution in [3.8, 4) is 0 Å². The lowest BCUT2D eigenvalue weighted by atomic mass is 9.87. The Morgan fingerprint density at radius 2 is 2.17 bits per heavy atom. The van der Waals surface area contributed by atoms with Crippen LogP contribution in [0.25, 0.3) is 0 Å². The Kier molecular flexibility index (Phi) is 4.42. The van der Waals surface area contributed by atoms with Gasteiger partial charge in [0, 0.05) is 13.0 Å². The van der Waals surface area contributed by atoms with E-state index >= 15 is 0 Å². The Balaban J connectivity index is 1.81. The van der Waals surface area contributed by atoms with Crippen molar-refractivity contribution in [1.29, 1.82) is 0 Å². The number of amides is 1. The summed E-state index contributed by atoms with van der Waals surface area (Å²) < 4.78 is 5.25. The van der Waals surface area contributed by atoms with E-state index in [1.165, 1.54) is 0 Å². The van der Waals surface area contributed by atoms with Gasteiger partial charge in [-0.25, -0.2) is 0 Å². The van der Waals surface area contributed by atoms with Crippen molar-refractivity contribution in [3.63, 3.8) is 0 Å². The third-order valence-electron chi connectivity index (χ3n) is 3.68. The first-order chi connectivity index (χ1) is 8.70. The van der Waals surface area contributed by atoms with Gasteiger partial charge >= 0.3 is 0 Å². The standard InChI is InChI=1S/C14H21NO3/c1-2-13-12(7-8-18-13)14(17)15-9-10-3-5-11(16)6-4-10/h7-8,10-11,16H,2-6,9H2,1H3,(H,15,17). The quantitative estimate of drug-likeness (QED) is 0.861. The van der Waals surface area contributed by atoms with Crippen molar-refractivity contribution in [3.05, 3.63) is 23.7 Å². The van der Waals surface area contributed by atoms with E-state index in [1.54, 1.807) is 12.3 Å². The molecule has 1 aromatic rings. The van der Waals surface area contributed by atoms with Gasteiger partial charge in [-0.2, -0.15) is 0 Å². The summed E-state index contributed by atoms with van der Waals surface area (Å²) in [6.07, 6.45) is 5.84. The first kappa shape index (κ1) is 13.1. The van der Waals surface area contributed by atoms with Crippen LogP contribution in [-0.2, 0) is 6.42 Å². The summed E-state index contributed by atoms with van der Waals surface area (Å²) in [5.74, 6) is 1.19. The highest BCUT2D eigenvalue weighted by atomic mass is 16.3. The molecule has 1 aliphatic rings. The molecule has 1 aromatic heterocycles.